The first-order chi connectivity index (χ1) is 11.7. The number of halogens is 1. The SMILES string of the molecule is N#CC1=C(N)Oc2n[nH]c(-c3cccs3)c2[C@@H]1c1cccc(Cl)c1. The molecule has 0 fully saturated rings. The van der Waals surface area contributed by atoms with Crippen molar-refractivity contribution in [1.82, 2.24) is 10.2 Å². The Morgan fingerprint density at radius 2 is 2.21 bits per heavy atom. The largest absolute Gasteiger partial charge is 0.420 e. The Morgan fingerprint density at radius 1 is 1.33 bits per heavy atom. The van der Waals surface area contributed by atoms with E-state index >= 15 is 0 Å². The lowest BCUT2D eigenvalue weighted by Gasteiger charge is -2.24. The molecule has 0 amide bonds. The second-order valence-corrected chi connectivity index (χ2v) is 6.66. The molecule has 3 aromatic rings. The van der Waals surface area contributed by atoms with Crippen molar-refractivity contribution in [2.45, 2.75) is 5.92 Å². The third kappa shape index (κ3) is 2.26. The van der Waals surface area contributed by atoms with Gasteiger partial charge in [0.05, 0.1) is 22.1 Å². The van der Waals surface area contributed by atoms with Crippen LogP contribution in [0, 0.1) is 11.3 Å². The Hall–Kier alpha value is -2.75. The van der Waals surface area contributed by atoms with Crippen molar-refractivity contribution in [3.63, 3.8) is 0 Å². The van der Waals surface area contributed by atoms with Gasteiger partial charge in [-0.2, -0.15) is 5.26 Å². The number of aromatic amines is 1. The average Bonchev–Trinajstić information content (AvgIpc) is 3.22. The van der Waals surface area contributed by atoms with E-state index in [9.17, 15) is 5.26 Å². The van der Waals surface area contributed by atoms with Gasteiger partial charge in [0.1, 0.15) is 11.6 Å². The topological polar surface area (TPSA) is 87.7 Å². The number of allylic oxidation sites excluding steroid dienone is 1. The molecule has 0 unspecified atom stereocenters. The van der Waals surface area contributed by atoms with Gasteiger partial charge in [-0.3, -0.25) is 5.10 Å². The molecule has 118 valence electrons. The predicted molar refractivity (Wildman–Crippen MR) is 92.7 cm³/mol. The fourth-order valence-electron chi connectivity index (χ4n) is 2.87. The van der Waals surface area contributed by atoms with E-state index in [1.807, 2.05) is 35.7 Å². The first-order valence-corrected chi connectivity index (χ1v) is 8.40. The van der Waals surface area contributed by atoms with Crippen LogP contribution >= 0.6 is 22.9 Å². The number of nitrogens with one attached hydrogen (secondary N) is 1. The van der Waals surface area contributed by atoms with Gasteiger partial charge in [0.25, 0.3) is 0 Å². The van der Waals surface area contributed by atoms with Crippen LogP contribution in [0.25, 0.3) is 10.6 Å². The Balaban J connectivity index is 1.97. The number of rotatable bonds is 2. The minimum absolute atomic E-state index is 0.0687. The molecule has 24 heavy (non-hydrogen) atoms. The summed E-state index contributed by atoms with van der Waals surface area (Å²) in [6, 6.07) is 13.5. The molecule has 0 bridgehead atoms. The summed E-state index contributed by atoms with van der Waals surface area (Å²) in [4.78, 5) is 1.01. The Morgan fingerprint density at radius 3 is 2.92 bits per heavy atom. The van der Waals surface area contributed by atoms with Crippen molar-refractivity contribution in [3.05, 3.63) is 69.4 Å². The molecule has 1 atom stereocenters. The Labute approximate surface area is 146 Å². The van der Waals surface area contributed by atoms with Gasteiger partial charge >= 0.3 is 0 Å². The summed E-state index contributed by atoms with van der Waals surface area (Å²) in [5.41, 5.74) is 8.79. The van der Waals surface area contributed by atoms with Gasteiger partial charge in [0.15, 0.2) is 0 Å². The van der Waals surface area contributed by atoms with Crippen LogP contribution in [-0.4, -0.2) is 10.2 Å². The maximum absolute atomic E-state index is 9.62. The summed E-state index contributed by atoms with van der Waals surface area (Å²) in [5.74, 6) is 0.0763. The lowest BCUT2D eigenvalue weighted by Crippen LogP contribution is -2.20. The first kappa shape index (κ1) is 14.8. The molecule has 1 aromatic carbocycles. The molecule has 0 saturated carbocycles. The Kier molecular flexibility index (Phi) is 3.53. The zero-order chi connectivity index (χ0) is 16.7. The van der Waals surface area contributed by atoms with E-state index in [1.54, 1.807) is 17.4 Å². The van der Waals surface area contributed by atoms with E-state index in [0.29, 0.717) is 16.5 Å². The number of aromatic nitrogens is 2. The first-order valence-electron chi connectivity index (χ1n) is 7.14. The van der Waals surface area contributed by atoms with Crippen LogP contribution in [0.4, 0.5) is 0 Å². The normalized spacial score (nSPS) is 16.4. The highest BCUT2D eigenvalue weighted by atomic mass is 35.5. The number of thiophene rings is 1. The van der Waals surface area contributed by atoms with Gasteiger partial charge in [-0.1, -0.05) is 29.8 Å². The van der Waals surface area contributed by atoms with Crippen LogP contribution in [0.5, 0.6) is 5.88 Å². The molecule has 0 saturated heterocycles. The molecular formula is C17H11ClN4OS. The van der Waals surface area contributed by atoms with Crippen LogP contribution in [0.2, 0.25) is 5.02 Å². The van der Waals surface area contributed by atoms with Crippen molar-refractivity contribution in [1.29, 1.82) is 5.26 Å². The zero-order valence-corrected chi connectivity index (χ0v) is 13.9. The fourth-order valence-corrected chi connectivity index (χ4v) is 3.81. The van der Waals surface area contributed by atoms with Gasteiger partial charge < -0.3 is 10.5 Å². The van der Waals surface area contributed by atoms with Gasteiger partial charge in [-0.15, -0.1) is 16.4 Å². The Bertz CT molecular complexity index is 984. The molecule has 0 aliphatic carbocycles. The number of nitrogens with zero attached hydrogens (tertiary/aromatic N) is 2. The molecular weight excluding hydrogens is 344 g/mol. The molecule has 4 rings (SSSR count). The summed E-state index contributed by atoms with van der Waals surface area (Å²) >= 11 is 7.73. The number of ether oxygens (including phenoxy) is 1. The van der Waals surface area contributed by atoms with Crippen LogP contribution in [-0.2, 0) is 0 Å². The number of H-pyrrole nitrogens is 1. The van der Waals surface area contributed by atoms with Crippen molar-refractivity contribution in [3.8, 4) is 22.5 Å². The summed E-state index contributed by atoms with van der Waals surface area (Å²) in [6.45, 7) is 0. The summed E-state index contributed by atoms with van der Waals surface area (Å²) in [5, 5.41) is 19.4. The van der Waals surface area contributed by atoms with Crippen molar-refractivity contribution in [2.24, 2.45) is 5.73 Å². The van der Waals surface area contributed by atoms with Crippen LogP contribution in [0.1, 0.15) is 17.0 Å². The maximum Gasteiger partial charge on any atom is 0.244 e. The van der Waals surface area contributed by atoms with Crippen molar-refractivity contribution in [2.75, 3.05) is 0 Å². The fraction of sp³-hybridized carbons (Fsp3) is 0.0588. The summed E-state index contributed by atoms with van der Waals surface area (Å²) < 4.78 is 5.56. The summed E-state index contributed by atoms with van der Waals surface area (Å²) in [6.07, 6.45) is 0. The molecule has 0 spiro atoms. The highest BCUT2D eigenvalue weighted by molar-refractivity contribution is 7.13. The second-order valence-electron chi connectivity index (χ2n) is 5.27. The average molecular weight is 355 g/mol. The summed E-state index contributed by atoms with van der Waals surface area (Å²) in [7, 11) is 0. The zero-order valence-electron chi connectivity index (χ0n) is 12.3. The number of hydrogen-bond donors (Lipinski definition) is 2. The third-order valence-electron chi connectivity index (χ3n) is 3.89. The monoisotopic (exact) mass is 354 g/mol. The highest BCUT2D eigenvalue weighted by Gasteiger charge is 2.35. The molecule has 5 nitrogen and oxygen atoms in total. The molecule has 0 radical (unpaired) electrons. The molecule has 3 heterocycles. The van der Waals surface area contributed by atoms with E-state index in [0.717, 1.165) is 21.7 Å². The minimum Gasteiger partial charge on any atom is -0.420 e. The molecule has 1 aliphatic heterocycles. The highest BCUT2D eigenvalue weighted by Crippen LogP contribution is 2.46. The second kappa shape index (κ2) is 5.71. The molecule has 2 aromatic heterocycles. The van der Waals surface area contributed by atoms with Gasteiger partial charge in [-0.05, 0) is 29.1 Å². The van der Waals surface area contributed by atoms with E-state index < -0.39 is 0 Å². The standard InChI is InChI=1S/C17H11ClN4OS/c18-10-4-1-3-9(7-10)13-11(8-19)16(20)23-17-14(13)15(21-22-17)12-5-2-6-24-12/h1-7,13H,20H2,(H,21,22)/t13-/m1/s1. The van der Waals surface area contributed by atoms with Gasteiger partial charge in [0, 0.05) is 5.02 Å². The predicted octanol–water partition coefficient (Wildman–Crippen LogP) is 4.01. The van der Waals surface area contributed by atoms with Gasteiger partial charge in [-0.25, -0.2) is 0 Å². The lowest BCUT2D eigenvalue weighted by molar-refractivity contribution is 0.379. The quantitative estimate of drug-likeness (QED) is 0.727. The van der Waals surface area contributed by atoms with E-state index in [2.05, 4.69) is 16.3 Å². The smallest absolute Gasteiger partial charge is 0.244 e. The number of nitriles is 1. The third-order valence-corrected chi connectivity index (χ3v) is 5.01. The molecule has 1 aliphatic rings. The number of benzene rings is 1. The lowest BCUT2D eigenvalue weighted by atomic mass is 9.84. The number of fused-ring (bicyclic) bond motifs is 1. The van der Waals surface area contributed by atoms with Gasteiger partial charge in [0.2, 0.25) is 11.8 Å². The van der Waals surface area contributed by atoms with Crippen molar-refractivity contribution < 1.29 is 4.74 Å². The van der Waals surface area contributed by atoms with Crippen molar-refractivity contribution >= 4 is 22.9 Å². The number of nitrogens with two attached hydrogens (primary N) is 1. The van der Waals surface area contributed by atoms with E-state index in [4.69, 9.17) is 22.1 Å². The van der Waals surface area contributed by atoms with E-state index in [-0.39, 0.29) is 11.8 Å². The van der Waals surface area contributed by atoms with E-state index in [1.165, 1.54) is 0 Å². The molecule has 7 heteroatoms. The number of hydrogen-bond acceptors (Lipinski definition) is 5. The van der Waals surface area contributed by atoms with Crippen LogP contribution in [0.3, 0.4) is 0 Å². The van der Waals surface area contributed by atoms with Crippen LogP contribution < -0.4 is 10.5 Å². The van der Waals surface area contributed by atoms with Crippen LogP contribution in [0.15, 0.2) is 53.2 Å². The minimum atomic E-state index is -0.381. The maximum atomic E-state index is 9.62. The molecule has 3 N–H and O–H groups in total.